The van der Waals surface area contributed by atoms with Crippen LogP contribution in [-0.4, -0.2) is 76.2 Å². The molecule has 1 aromatic carbocycles. The maximum absolute atomic E-state index is 13.1. The van der Waals surface area contributed by atoms with Gasteiger partial charge in [0.2, 0.25) is 0 Å². The number of halogens is 3. The molecule has 6 rings (SSSR count). The molecule has 3 fully saturated rings. The van der Waals surface area contributed by atoms with Gasteiger partial charge in [0.15, 0.2) is 5.82 Å². The molecule has 8 nitrogen and oxygen atoms in total. The molecule has 3 N–H and O–H groups in total. The Balaban J connectivity index is 1.13. The van der Waals surface area contributed by atoms with Gasteiger partial charge in [-0.1, -0.05) is 18.1 Å². The average Bonchev–Trinajstić information content (AvgIpc) is 3.11. The number of likely N-dealkylation sites (tertiary alicyclic amines) is 1. The van der Waals surface area contributed by atoms with Crippen LogP contribution in [0.25, 0.3) is 11.3 Å². The van der Waals surface area contributed by atoms with Crippen LogP contribution in [0.2, 0.25) is 0 Å². The van der Waals surface area contributed by atoms with E-state index in [4.69, 9.17) is 5.73 Å². The number of pyridine rings is 1. The zero-order chi connectivity index (χ0) is 29.3. The highest BCUT2D eigenvalue weighted by molar-refractivity contribution is 5.74. The summed E-state index contributed by atoms with van der Waals surface area (Å²) in [6.07, 6.45) is 0.597. The topological polar surface area (TPSA) is 94.6 Å². The highest BCUT2D eigenvalue weighted by atomic mass is 19.4. The van der Waals surface area contributed by atoms with E-state index in [2.05, 4.69) is 36.8 Å². The molecule has 3 aromatic rings. The molecule has 0 saturated carbocycles. The van der Waals surface area contributed by atoms with E-state index in [1.165, 1.54) is 0 Å². The molecule has 0 amide bonds. The Morgan fingerprint density at radius 3 is 2.52 bits per heavy atom. The van der Waals surface area contributed by atoms with Gasteiger partial charge < -0.3 is 20.6 Å². The summed E-state index contributed by atoms with van der Waals surface area (Å²) in [7, 11) is 0. The maximum atomic E-state index is 13.1. The van der Waals surface area contributed by atoms with Gasteiger partial charge >= 0.3 is 6.18 Å². The number of hydrogen-bond acceptors (Lipinski definition) is 8. The molecule has 2 aromatic heterocycles. The fraction of sp³-hybridized carbons (Fsp3) is 0.452. The van der Waals surface area contributed by atoms with Gasteiger partial charge in [-0.15, -0.1) is 10.2 Å². The van der Waals surface area contributed by atoms with Crippen molar-refractivity contribution in [2.24, 2.45) is 5.92 Å². The number of phenolic OH excluding ortho intramolecular Hbond substituents is 1. The van der Waals surface area contributed by atoms with Gasteiger partial charge in [-0.25, -0.2) is 4.98 Å². The molecule has 220 valence electrons. The lowest BCUT2D eigenvalue weighted by Crippen LogP contribution is -2.54. The number of piperazine rings is 1. The third-order valence-electron chi connectivity index (χ3n) is 8.65. The van der Waals surface area contributed by atoms with Crippen LogP contribution in [0.15, 0.2) is 48.7 Å². The summed E-state index contributed by atoms with van der Waals surface area (Å²) >= 11 is 0. The summed E-state index contributed by atoms with van der Waals surface area (Å²) in [5, 5.41) is 18.7. The van der Waals surface area contributed by atoms with E-state index in [-0.39, 0.29) is 30.7 Å². The second-order valence-electron chi connectivity index (χ2n) is 11.4. The number of benzene rings is 1. The van der Waals surface area contributed by atoms with Crippen LogP contribution >= 0.6 is 0 Å². The van der Waals surface area contributed by atoms with Crippen molar-refractivity contribution in [3.63, 3.8) is 0 Å². The zero-order valence-electron chi connectivity index (χ0n) is 23.3. The van der Waals surface area contributed by atoms with Crippen molar-refractivity contribution in [2.45, 2.75) is 50.4 Å². The Bertz CT molecular complexity index is 1470. The summed E-state index contributed by atoms with van der Waals surface area (Å²) in [6.45, 7) is 3.01. The number of nitrogens with two attached hydrogens (primary N) is 1. The minimum atomic E-state index is -4.12. The van der Waals surface area contributed by atoms with Gasteiger partial charge in [-0.2, -0.15) is 13.2 Å². The molecule has 3 saturated heterocycles. The summed E-state index contributed by atoms with van der Waals surface area (Å²) in [5.41, 5.74) is 10.0. The monoisotopic (exact) mass is 577 g/mol. The van der Waals surface area contributed by atoms with Gasteiger partial charge in [0.25, 0.3) is 0 Å². The highest BCUT2D eigenvalue weighted by Gasteiger charge is 2.41. The van der Waals surface area contributed by atoms with Gasteiger partial charge in [0.05, 0.1) is 23.8 Å². The number of anilines is 3. The lowest BCUT2D eigenvalue weighted by atomic mass is 10.0. The van der Waals surface area contributed by atoms with Gasteiger partial charge in [0.1, 0.15) is 11.4 Å². The van der Waals surface area contributed by atoms with Crippen molar-refractivity contribution in [2.75, 3.05) is 48.3 Å². The average molecular weight is 578 g/mol. The Hall–Kier alpha value is -4.04. The van der Waals surface area contributed by atoms with Crippen molar-refractivity contribution in [3.8, 4) is 28.8 Å². The summed E-state index contributed by atoms with van der Waals surface area (Å²) in [4.78, 5) is 11.2. The molecule has 42 heavy (non-hydrogen) atoms. The van der Waals surface area contributed by atoms with Crippen molar-refractivity contribution in [3.05, 3.63) is 54.4 Å². The summed E-state index contributed by atoms with van der Waals surface area (Å²) < 4.78 is 39.3. The molecular formula is C31H34F3N7O. The summed E-state index contributed by atoms with van der Waals surface area (Å²) in [5.74, 6) is 5.57. The van der Waals surface area contributed by atoms with Crippen LogP contribution in [0.4, 0.5) is 30.4 Å². The van der Waals surface area contributed by atoms with E-state index < -0.39 is 12.1 Å². The van der Waals surface area contributed by atoms with Crippen LogP contribution in [-0.2, 0) is 0 Å². The first-order chi connectivity index (χ1) is 20.3. The number of fused-ring (bicyclic) bond motifs is 2. The first-order valence-electron chi connectivity index (χ1n) is 14.4. The number of nitrogen functional groups attached to an aromatic ring is 1. The van der Waals surface area contributed by atoms with Crippen molar-refractivity contribution in [1.29, 1.82) is 0 Å². The molecule has 2 bridgehead atoms. The smallest absolute Gasteiger partial charge is 0.391 e. The van der Waals surface area contributed by atoms with Crippen molar-refractivity contribution < 1.29 is 18.3 Å². The Labute approximate surface area is 243 Å². The van der Waals surface area contributed by atoms with Crippen LogP contribution < -0.4 is 15.5 Å². The van der Waals surface area contributed by atoms with Crippen LogP contribution in [0.5, 0.6) is 5.75 Å². The largest absolute Gasteiger partial charge is 0.507 e. The molecule has 5 heterocycles. The highest BCUT2D eigenvalue weighted by Crippen LogP contribution is 2.39. The number of rotatable bonds is 4. The number of aromatic hydroxyl groups is 1. The number of phenols is 1. The molecule has 11 heteroatoms. The van der Waals surface area contributed by atoms with Gasteiger partial charge in [-0.05, 0) is 81.4 Å². The Morgan fingerprint density at radius 2 is 1.76 bits per heavy atom. The first kappa shape index (κ1) is 28.1. The SMILES string of the molecule is Nc1nnc(-c2ccccc2O)cc1N1CC2CCC(C1)N2c1ccnc(C#CCN2CCCC(C(F)(F)F)CC2)c1. The predicted octanol–water partition coefficient (Wildman–Crippen LogP) is 4.70. The normalized spacial score (nSPS) is 22.9. The first-order valence-corrected chi connectivity index (χ1v) is 14.4. The molecule has 3 atom stereocenters. The fourth-order valence-electron chi connectivity index (χ4n) is 6.52. The van der Waals surface area contributed by atoms with Crippen molar-refractivity contribution in [1.82, 2.24) is 20.1 Å². The second-order valence-corrected chi connectivity index (χ2v) is 11.4. The third-order valence-corrected chi connectivity index (χ3v) is 8.65. The Morgan fingerprint density at radius 1 is 0.976 bits per heavy atom. The zero-order valence-corrected chi connectivity index (χ0v) is 23.3. The maximum Gasteiger partial charge on any atom is 0.391 e. The minimum Gasteiger partial charge on any atom is -0.507 e. The predicted molar refractivity (Wildman–Crippen MR) is 156 cm³/mol. The lowest BCUT2D eigenvalue weighted by molar-refractivity contribution is -0.177. The minimum absolute atomic E-state index is 0.130. The number of hydrogen-bond donors (Lipinski definition) is 2. The van der Waals surface area contributed by atoms with E-state index in [9.17, 15) is 18.3 Å². The molecule has 0 radical (unpaired) electrons. The molecule has 3 unspecified atom stereocenters. The van der Waals surface area contributed by atoms with Gasteiger partial charge in [0, 0.05) is 42.6 Å². The number of aromatic nitrogens is 3. The molecule has 3 aliphatic heterocycles. The van der Waals surface area contributed by atoms with Gasteiger partial charge in [-0.3, -0.25) is 4.90 Å². The fourth-order valence-corrected chi connectivity index (χ4v) is 6.52. The molecular weight excluding hydrogens is 543 g/mol. The number of alkyl halides is 3. The number of para-hydroxylation sites is 1. The van der Waals surface area contributed by atoms with E-state index in [1.54, 1.807) is 18.3 Å². The van der Waals surface area contributed by atoms with Crippen LogP contribution in [0.3, 0.4) is 0 Å². The van der Waals surface area contributed by atoms with E-state index in [0.29, 0.717) is 48.8 Å². The third kappa shape index (κ3) is 5.95. The van der Waals surface area contributed by atoms with E-state index in [1.807, 2.05) is 35.2 Å². The van der Waals surface area contributed by atoms with E-state index >= 15 is 0 Å². The quantitative estimate of drug-likeness (QED) is 0.431. The Kier molecular flexibility index (Phi) is 7.82. The van der Waals surface area contributed by atoms with Crippen LogP contribution in [0, 0.1) is 17.8 Å². The standard InChI is InChI=1S/C31H34F3N7O/c32-31(33,34)21-5-3-14-39(16-12-21)15-4-6-22-17-23(11-13-36-22)41-24-9-10-25(41)20-40(19-24)28-18-27(37-38-30(28)35)26-7-1-2-8-29(26)42/h1-2,7-8,11,13,17-18,21,24-25,42H,3,5,9-10,12,14-16,19-20H2,(H2,35,38). The molecule has 3 aliphatic rings. The number of nitrogens with zero attached hydrogens (tertiary/aromatic N) is 6. The van der Waals surface area contributed by atoms with E-state index in [0.717, 1.165) is 37.3 Å². The van der Waals surface area contributed by atoms with Crippen molar-refractivity contribution >= 4 is 17.2 Å². The lowest BCUT2D eigenvalue weighted by Gasteiger charge is -2.43. The molecule has 0 spiro atoms. The second kappa shape index (κ2) is 11.7. The summed E-state index contributed by atoms with van der Waals surface area (Å²) in [6, 6.07) is 13.5. The molecule has 0 aliphatic carbocycles. The van der Waals surface area contributed by atoms with Crippen LogP contribution in [0.1, 0.15) is 37.8 Å².